The van der Waals surface area contributed by atoms with Crippen LogP contribution in [0.2, 0.25) is 0 Å². The highest BCUT2D eigenvalue weighted by atomic mass is 32.2. The zero-order valence-corrected chi connectivity index (χ0v) is 22.0. The summed E-state index contributed by atoms with van der Waals surface area (Å²) in [4.78, 5) is 21.8. The predicted octanol–water partition coefficient (Wildman–Crippen LogP) is 5.30. The zero-order valence-electron chi connectivity index (χ0n) is 21.2. The number of benzene rings is 2. The molecule has 0 fully saturated rings. The van der Waals surface area contributed by atoms with Crippen molar-refractivity contribution in [1.82, 2.24) is 14.7 Å². The Morgan fingerprint density at radius 1 is 0.865 bits per heavy atom. The molecule has 2 N–H and O–H groups in total. The second kappa shape index (κ2) is 10.0. The number of carbonyl (C=O) groups is 1. The van der Waals surface area contributed by atoms with Crippen molar-refractivity contribution in [1.29, 1.82) is 0 Å². The van der Waals surface area contributed by atoms with E-state index in [0.29, 0.717) is 28.3 Å². The standard InChI is InChI=1S/C28H27N3O5S/c1-16-13-18(3)26(19(4)14-16)36-28-22(11-12-23(30-28)21-10-9-17(2)24(32)15-21)27(33)31-37(34,35)25-8-6-7-20(5)29-25/h6-15,32H,1-5H3,(H,31,33). The van der Waals surface area contributed by atoms with Crippen LogP contribution in [0, 0.1) is 34.6 Å². The van der Waals surface area contributed by atoms with Crippen LogP contribution in [0.4, 0.5) is 0 Å². The van der Waals surface area contributed by atoms with Gasteiger partial charge in [0.1, 0.15) is 17.1 Å². The van der Waals surface area contributed by atoms with Crippen molar-refractivity contribution < 1.29 is 23.1 Å². The van der Waals surface area contributed by atoms with Gasteiger partial charge in [0.25, 0.3) is 15.9 Å². The molecule has 2 aromatic heterocycles. The number of carbonyl (C=O) groups excluding carboxylic acids is 1. The molecule has 37 heavy (non-hydrogen) atoms. The number of rotatable bonds is 6. The van der Waals surface area contributed by atoms with Crippen molar-refractivity contribution in [2.75, 3.05) is 0 Å². The van der Waals surface area contributed by atoms with E-state index in [9.17, 15) is 18.3 Å². The maximum Gasteiger partial charge on any atom is 0.281 e. The smallest absolute Gasteiger partial charge is 0.281 e. The van der Waals surface area contributed by atoms with Gasteiger partial charge in [0, 0.05) is 11.3 Å². The summed E-state index contributed by atoms with van der Waals surface area (Å²) < 4.78 is 33.9. The molecule has 0 bridgehead atoms. The van der Waals surface area contributed by atoms with Crippen molar-refractivity contribution in [3.8, 4) is 28.6 Å². The van der Waals surface area contributed by atoms with Gasteiger partial charge in [-0.3, -0.25) is 4.79 Å². The van der Waals surface area contributed by atoms with Crippen LogP contribution in [-0.4, -0.2) is 29.4 Å². The number of hydrogen-bond acceptors (Lipinski definition) is 7. The van der Waals surface area contributed by atoms with E-state index in [1.807, 2.05) is 32.9 Å². The van der Waals surface area contributed by atoms with Crippen LogP contribution >= 0.6 is 0 Å². The first-order valence-corrected chi connectivity index (χ1v) is 13.0. The second-order valence-electron chi connectivity index (χ2n) is 8.93. The lowest BCUT2D eigenvalue weighted by molar-refractivity contribution is 0.0978. The molecule has 2 heterocycles. The fourth-order valence-electron chi connectivity index (χ4n) is 3.94. The Morgan fingerprint density at radius 2 is 1.57 bits per heavy atom. The van der Waals surface area contributed by atoms with E-state index in [1.54, 1.807) is 50.2 Å². The summed E-state index contributed by atoms with van der Waals surface area (Å²) in [5, 5.41) is 9.90. The number of nitrogens with one attached hydrogen (secondary N) is 1. The molecule has 8 nitrogen and oxygen atoms in total. The first-order valence-electron chi connectivity index (χ1n) is 11.5. The summed E-state index contributed by atoms with van der Waals surface area (Å²) >= 11 is 0. The minimum Gasteiger partial charge on any atom is -0.508 e. The number of pyridine rings is 2. The van der Waals surface area contributed by atoms with Gasteiger partial charge in [-0.1, -0.05) is 35.9 Å². The van der Waals surface area contributed by atoms with Crippen molar-refractivity contribution >= 4 is 15.9 Å². The van der Waals surface area contributed by atoms with Crippen LogP contribution in [-0.2, 0) is 10.0 Å². The number of sulfonamides is 1. The summed E-state index contributed by atoms with van der Waals surface area (Å²) in [7, 11) is -4.24. The molecule has 4 aromatic rings. The fraction of sp³-hybridized carbons (Fsp3) is 0.179. The van der Waals surface area contributed by atoms with Gasteiger partial charge >= 0.3 is 0 Å². The Kier molecular flexibility index (Phi) is 7.00. The van der Waals surface area contributed by atoms with E-state index in [2.05, 4.69) is 14.7 Å². The van der Waals surface area contributed by atoms with Crippen LogP contribution in [0.1, 0.15) is 38.3 Å². The van der Waals surface area contributed by atoms with Crippen molar-refractivity contribution in [2.24, 2.45) is 0 Å². The molecule has 1 amide bonds. The summed E-state index contributed by atoms with van der Waals surface area (Å²) in [6, 6.07) is 16.5. The van der Waals surface area contributed by atoms with E-state index < -0.39 is 15.9 Å². The van der Waals surface area contributed by atoms with Crippen LogP contribution < -0.4 is 9.46 Å². The van der Waals surface area contributed by atoms with Gasteiger partial charge in [0.2, 0.25) is 5.88 Å². The number of amides is 1. The average molecular weight is 518 g/mol. The molecular weight excluding hydrogens is 490 g/mol. The van der Waals surface area contributed by atoms with Gasteiger partial charge in [-0.25, -0.2) is 14.7 Å². The number of aryl methyl sites for hydroxylation is 5. The lowest BCUT2D eigenvalue weighted by Crippen LogP contribution is -2.31. The Labute approximate surface area is 216 Å². The summed E-state index contributed by atoms with van der Waals surface area (Å²) in [6.45, 7) is 9.16. The first-order chi connectivity index (χ1) is 17.4. The van der Waals surface area contributed by atoms with Gasteiger partial charge in [0.05, 0.1) is 5.69 Å². The summed E-state index contributed by atoms with van der Waals surface area (Å²) in [5.74, 6) is -0.367. The third-order valence-electron chi connectivity index (χ3n) is 5.78. The molecule has 0 unspecified atom stereocenters. The molecule has 0 saturated heterocycles. The number of aromatic nitrogens is 2. The van der Waals surface area contributed by atoms with Crippen LogP contribution in [0.5, 0.6) is 17.4 Å². The third-order valence-corrected chi connectivity index (χ3v) is 7.01. The summed E-state index contributed by atoms with van der Waals surface area (Å²) in [5.41, 5.74) is 4.89. The number of nitrogens with zero attached hydrogens (tertiary/aromatic N) is 2. The molecule has 4 rings (SSSR count). The first kappa shape index (κ1) is 25.8. The molecule has 2 aromatic carbocycles. The van der Waals surface area contributed by atoms with Gasteiger partial charge in [0.15, 0.2) is 5.03 Å². The highest BCUT2D eigenvalue weighted by Crippen LogP contribution is 2.33. The lowest BCUT2D eigenvalue weighted by Gasteiger charge is -2.16. The summed E-state index contributed by atoms with van der Waals surface area (Å²) in [6.07, 6.45) is 0. The van der Waals surface area contributed by atoms with Crippen LogP contribution in [0.3, 0.4) is 0 Å². The number of phenols is 1. The average Bonchev–Trinajstić information content (AvgIpc) is 2.82. The van der Waals surface area contributed by atoms with Gasteiger partial charge in [-0.05, 0) is 81.6 Å². The largest absolute Gasteiger partial charge is 0.508 e. The molecule has 190 valence electrons. The van der Waals surface area contributed by atoms with E-state index in [-0.39, 0.29) is 22.2 Å². The molecule has 0 radical (unpaired) electrons. The Balaban J connectivity index is 1.79. The molecular formula is C28H27N3O5S. The maximum absolute atomic E-state index is 13.2. The Bertz CT molecular complexity index is 1610. The van der Waals surface area contributed by atoms with E-state index in [0.717, 1.165) is 16.7 Å². The predicted molar refractivity (Wildman–Crippen MR) is 140 cm³/mol. The van der Waals surface area contributed by atoms with E-state index in [1.165, 1.54) is 12.1 Å². The number of hydrogen-bond donors (Lipinski definition) is 2. The number of phenolic OH excluding ortho intramolecular Hbond substituents is 1. The normalized spacial score (nSPS) is 11.3. The topological polar surface area (TPSA) is 118 Å². The van der Waals surface area contributed by atoms with Gasteiger partial charge < -0.3 is 9.84 Å². The highest BCUT2D eigenvalue weighted by Gasteiger charge is 2.25. The van der Waals surface area contributed by atoms with Gasteiger partial charge in [-0.2, -0.15) is 8.42 Å². The fourth-order valence-corrected chi connectivity index (χ4v) is 4.92. The monoisotopic (exact) mass is 517 g/mol. The van der Waals surface area contributed by atoms with Crippen molar-refractivity contribution in [2.45, 2.75) is 39.6 Å². The number of ether oxygens (including phenoxy) is 1. The highest BCUT2D eigenvalue weighted by molar-refractivity contribution is 7.90. The minimum absolute atomic E-state index is 0.0717. The van der Waals surface area contributed by atoms with E-state index in [4.69, 9.17) is 4.74 Å². The molecule has 0 aliphatic heterocycles. The zero-order chi connectivity index (χ0) is 26.9. The van der Waals surface area contributed by atoms with Crippen molar-refractivity contribution in [3.63, 3.8) is 0 Å². The van der Waals surface area contributed by atoms with Gasteiger partial charge in [-0.15, -0.1) is 0 Å². The molecule has 0 atom stereocenters. The Hall–Kier alpha value is -4.24. The molecule has 9 heteroatoms. The third kappa shape index (κ3) is 5.62. The molecule has 0 aliphatic rings. The number of aromatic hydroxyl groups is 1. The molecule has 0 spiro atoms. The molecule has 0 aliphatic carbocycles. The van der Waals surface area contributed by atoms with Crippen LogP contribution in [0.25, 0.3) is 11.3 Å². The quantitative estimate of drug-likeness (QED) is 0.356. The SMILES string of the molecule is Cc1cc(C)c(Oc2nc(-c3ccc(C)c(O)c3)ccc2C(=O)NS(=O)(=O)c2cccc(C)n2)c(C)c1. The Morgan fingerprint density at radius 3 is 2.22 bits per heavy atom. The minimum atomic E-state index is -4.24. The van der Waals surface area contributed by atoms with Crippen LogP contribution in [0.15, 0.2) is 65.7 Å². The second-order valence-corrected chi connectivity index (χ2v) is 10.6. The van der Waals surface area contributed by atoms with E-state index >= 15 is 0 Å². The molecule has 0 saturated carbocycles. The lowest BCUT2D eigenvalue weighted by atomic mass is 10.1. The maximum atomic E-state index is 13.2. The van der Waals surface area contributed by atoms with Crippen molar-refractivity contribution in [3.05, 3.63) is 94.2 Å².